The summed E-state index contributed by atoms with van der Waals surface area (Å²) >= 11 is 0. The fourth-order valence-electron chi connectivity index (χ4n) is 3.22. The third kappa shape index (κ3) is 2.38. The van der Waals surface area contributed by atoms with Gasteiger partial charge in [0.1, 0.15) is 0 Å². The van der Waals surface area contributed by atoms with Crippen LogP contribution in [0.2, 0.25) is 0 Å². The van der Waals surface area contributed by atoms with E-state index in [9.17, 15) is 4.79 Å². The van der Waals surface area contributed by atoms with Crippen molar-refractivity contribution < 1.29 is 4.79 Å². The number of hydrogen-bond acceptors (Lipinski definition) is 2. The number of benzene rings is 2. The Labute approximate surface area is 135 Å². The largest absolute Gasteiger partial charge is 0.342 e. The highest BCUT2D eigenvalue weighted by atomic mass is 16.1. The molecule has 1 aromatic heterocycles. The Morgan fingerprint density at radius 2 is 1.87 bits per heavy atom. The van der Waals surface area contributed by atoms with Crippen LogP contribution < -0.4 is 5.32 Å². The summed E-state index contributed by atoms with van der Waals surface area (Å²) in [6, 6.07) is 16.5. The van der Waals surface area contributed by atoms with Gasteiger partial charge in [0.15, 0.2) is 0 Å². The van der Waals surface area contributed by atoms with Gasteiger partial charge in [0.25, 0.3) is 5.91 Å². The smallest absolute Gasteiger partial charge is 0.253 e. The molecule has 3 aromatic rings. The summed E-state index contributed by atoms with van der Waals surface area (Å²) in [5.74, 6) is -0.0407. The zero-order chi connectivity index (χ0) is 15.9. The van der Waals surface area contributed by atoms with E-state index in [4.69, 9.17) is 0 Å². The maximum Gasteiger partial charge on any atom is 0.253 e. The molecule has 2 aromatic carbocycles. The van der Waals surface area contributed by atoms with E-state index < -0.39 is 0 Å². The Kier molecular flexibility index (Phi) is 3.15. The van der Waals surface area contributed by atoms with Gasteiger partial charge in [-0.05, 0) is 47.7 Å². The molecule has 0 unspecified atom stereocenters. The van der Waals surface area contributed by atoms with Gasteiger partial charge in [-0.2, -0.15) is 0 Å². The minimum Gasteiger partial charge on any atom is -0.342 e. The second-order valence-electron chi connectivity index (χ2n) is 6.25. The lowest BCUT2D eigenvalue weighted by molar-refractivity contribution is 0.0930. The Morgan fingerprint density at radius 1 is 1.09 bits per heavy atom. The summed E-state index contributed by atoms with van der Waals surface area (Å²) in [7, 11) is 0. The van der Waals surface area contributed by atoms with Crippen LogP contribution in [0.15, 0.2) is 60.9 Å². The maximum atomic E-state index is 12.7. The van der Waals surface area contributed by atoms with Crippen LogP contribution >= 0.6 is 0 Å². The lowest BCUT2D eigenvalue weighted by Crippen LogP contribution is -2.35. The van der Waals surface area contributed by atoms with Crippen LogP contribution in [0, 0.1) is 6.92 Å². The van der Waals surface area contributed by atoms with Crippen molar-refractivity contribution in [3.63, 3.8) is 0 Å². The van der Waals surface area contributed by atoms with Gasteiger partial charge < -0.3 is 5.32 Å². The third-order valence-corrected chi connectivity index (χ3v) is 4.69. The molecule has 0 saturated heterocycles. The van der Waals surface area contributed by atoms with Gasteiger partial charge in [-0.15, -0.1) is 0 Å². The standard InChI is InChI=1S/C20H18N2O/c1-14-9-12-21-13-17(14)19(23)22-20(10-11-20)18-8-4-6-15-5-2-3-7-16(15)18/h2-9,12-13H,10-11H2,1H3,(H,22,23). The molecule has 4 rings (SSSR count). The minimum atomic E-state index is -0.236. The summed E-state index contributed by atoms with van der Waals surface area (Å²) in [6.45, 7) is 1.94. The summed E-state index contributed by atoms with van der Waals surface area (Å²) in [5, 5.41) is 5.68. The van der Waals surface area contributed by atoms with Gasteiger partial charge in [0, 0.05) is 12.4 Å². The Morgan fingerprint density at radius 3 is 2.65 bits per heavy atom. The minimum absolute atomic E-state index is 0.0407. The van der Waals surface area contributed by atoms with Crippen LogP contribution in [0.4, 0.5) is 0 Å². The summed E-state index contributed by atoms with van der Waals surface area (Å²) in [5.41, 5.74) is 2.58. The van der Waals surface area contributed by atoms with Crippen molar-refractivity contribution in [3.05, 3.63) is 77.6 Å². The van der Waals surface area contributed by atoms with Crippen molar-refractivity contribution >= 4 is 16.7 Å². The first kappa shape index (κ1) is 13.9. The normalized spacial score (nSPS) is 15.3. The second-order valence-corrected chi connectivity index (χ2v) is 6.25. The van der Waals surface area contributed by atoms with Crippen LogP contribution in [0.3, 0.4) is 0 Å². The summed E-state index contributed by atoms with van der Waals surface area (Å²) in [4.78, 5) is 16.8. The van der Waals surface area contributed by atoms with E-state index in [0.717, 1.165) is 18.4 Å². The van der Waals surface area contributed by atoms with E-state index in [2.05, 4.69) is 46.7 Å². The number of fused-ring (bicyclic) bond motifs is 1. The Bertz CT molecular complexity index is 892. The second kappa shape index (κ2) is 5.20. The molecule has 0 atom stereocenters. The van der Waals surface area contributed by atoms with Crippen LogP contribution in [0.1, 0.15) is 34.3 Å². The molecule has 0 bridgehead atoms. The molecule has 0 spiro atoms. The van der Waals surface area contributed by atoms with Crippen molar-refractivity contribution in [1.82, 2.24) is 10.3 Å². The number of aryl methyl sites for hydroxylation is 1. The topological polar surface area (TPSA) is 42.0 Å². The molecule has 1 aliphatic rings. The molecule has 1 fully saturated rings. The van der Waals surface area contributed by atoms with Crippen molar-refractivity contribution in [2.24, 2.45) is 0 Å². The third-order valence-electron chi connectivity index (χ3n) is 4.69. The zero-order valence-corrected chi connectivity index (χ0v) is 13.0. The van der Waals surface area contributed by atoms with Crippen LogP contribution in [-0.2, 0) is 5.54 Å². The molecule has 1 saturated carbocycles. The van der Waals surface area contributed by atoms with Crippen molar-refractivity contribution in [1.29, 1.82) is 0 Å². The summed E-state index contributed by atoms with van der Waals surface area (Å²) < 4.78 is 0. The average molecular weight is 302 g/mol. The van der Waals surface area contributed by atoms with Gasteiger partial charge in [0.05, 0.1) is 11.1 Å². The van der Waals surface area contributed by atoms with Gasteiger partial charge in [-0.3, -0.25) is 9.78 Å². The molecule has 114 valence electrons. The SMILES string of the molecule is Cc1ccncc1C(=O)NC1(c2cccc3ccccc23)CC1. The van der Waals surface area contributed by atoms with Gasteiger partial charge in [0.2, 0.25) is 0 Å². The lowest BCUT2D eigenvalue weighted by atomic mass is 9.96. The highest BCUT2D eigenvalue weighted by Gasteiger charge is 2.46. The fraction of sp³-hybridized carbons (Fsp3) is 0.200. The molecule has 0 radical (unpaired) electrons. The molecule has 1 amide bonds. The molecular formula is C20H18N2O. The number of nitrogens with one attached hydrogen (secondary N) is 1. The number of amides is 1. The van der Waals surface area contributed by atoms with Gasteiger partial charge >= 0.3 is 0 Å². The number of aromatic nitrogens is 1. The first-order valence-electron chi connectivity index (χ1n) is 7.91. The van der Waals surface area contributed by atoms with E-state index in [1.807, 2.05) is 19.1 Å². The summed E-state index contributed by atoms with van der Waals surface area (Å²) in [6.07, 6.45) is 5.31. The van der Waals surface area contributed by atoms with Crippen LogP contribution in [-0.4, -0.2) is 10.9 Å². The van der Waals surface area contributed by atoms with E-state index in [0.29, 0.717) is 5.56 Å². The van der Waals surface area contributed by atoms with E-state index >= 15 is 0 Å². The van der Waals surface area contributed by atoms with Gasteiger partial charge in [-0.25, -0.2) is 0 Å². The Balaban J connectivity index is 1.71. The predicted octanol–water partition coefficient (Wildman–Crippen LogP) is 3.96. The number of carbonyl (C=O) groups is 1. The van der Waals surface area contributed by atoms with E-state index in [-0.39, 0.29) is 11.4 Å². The number of pyridine rings is 1. The molecule has 0 aliphatic heterocycles. The first-order valence-corrected chi connectivity index (χ1v) is 7.91. The quantitative estimate of drug-likeness (QED) is 0.795. The number of hydrogen-bond donors (Lipinski definition) is 1. The molecule has 3 heteroatoms. The number of rotatable bonds is 3. The molecular weight excluding hydrogens is 284 g/mol. The fourth-order valence-corrected chi connectivity index (χ4v) is 3.22. The molecule has 23 heavy (non-hydrogen) atoms. The maximum absolute atomic E-state index is 12.7. The zero-order valence-electron chi connectivity index (χ0n) is 13.0. The van der Waals surface area contributed by atoms with Crippen LogP contribution in [0.5, 0.6) is 0 Å². The number of carbonyl (C=O) groups excluding carboxylic acids is 1. The molecule has 3 nitrogen and oxygen atoms in total. The van der Waals surface area contributed by atoms with E-state index in [1.165, 1.54) is 16.3 Å². The van der Waals surface area contributed by atoms with Crippen molar-refractivity contribution in [3.8, 4) is 0 Å². The van der Waals surface area contributed by atoms with Crippen molar-refractivity contribution in [2.45, 2.75) is 25.3 Å². The monoisotopic (exact) mass is 302 g/mol. The highest BCUT2D eigenvalue weighted by Crippen LogP contribution is 2.48. The molecule has 1 heterocycles. The van der Waals surface area contributed by atoms with Gasteiger partial charge in [-0.1, -0.05) is 42.5 Å². The Hall–Kier alpha value is -2.68. The average Bonchev–Trinajstić information content (AvgIpc) is 3.35. The highest BCUT2D eigenvalue weighted by molar-refractivity contribution is 5.97. The lowest BCUT2D eigenvalue weighted by Gasteiger charge is -2.20. The molecule has 1 aliphatic carbocycles. The van der Waals surface area contributed by atoms with E-state index in [1.54, 1.807) is 12.4 Å². The molecule has 1 N–H and O–H groups in total. The van der Waals surface area contributed by atoms with Crippen molar-refractivity contribution in [2.75, 3.05) is 0 Å². The van der Waals surface area contributed by atoms with Crippen LogP contribution in [0.25, 0.3) is 10.8 Å². The first-order chi connectivity index (χ1) is 11.2. The predicted molar refractivity (Wildman–Crippen MR) is 91.3 cm³/mol. The number of nitrogens with zero attached hydrogens (tertiary/aromatic N) is 1.